The van der Waals surface area contributed by atoms with E-state index >= 15 is 0 Å². The van der Waals surface area contributed by atoms with E-state index in [1.54, 1.807) is 0 Å². The molecule has 0 heterocycles. The van der Waals surface area contributed by atoms with Crippen molar-refractivity contribution in [3.05, 3.63) is 28.3 Å². The summed E-state index contributed by atoms with van der Waals surface area (Å²) in [5.41, 5.74) is 2.31. The molecule has 0 aliphatic carbocycles. The highest BCUT2D eigenvalue weighted by Crippen LogP contribution is 2.29. The number of carbonyl (C=O) groups is 1. The molecule has 2 N–H and O–H groups in total. The first-order valence-electron chi connectivity index (χ1n) is 4.46. The number of nitro groups is 1. The van der Waals surface area contributed by atoms with E-state index in [0.717, 1.165) is 0 Å². The minimum atomic E-state index is -1.15. The average molecular weight is 242 g/mol. The van der Waals surface area contributed by atoms with E-state index < -0.39 is 17.5 Å². The van der Waals surface area contributed by atoms with Crippen LogP contribution < -0.4 is 10.2 Å². The summed E-state index contributed by atoms with van der Waals surface area (Å²) < 4.78 is 4.80. The second-order valence-corrected chi connectivity index (χ2v) is 2.93. The first-order chi connectivity index (χ1) is 8.04. The highest BCUT2D eigenvalue weighted by atomic mass is 16.7. The zero-order valence-corrected chi connectivity index (χ0v) is 8.87. The van der Waals surface area contributed by atoms with E-state index in [1.807, 2.05) is 0 Å². The van der Waals surface area contributed by atoms with E-state index in [0.29, 0.717) is 0 Å². The van der Waals surface area contributed by atoms with Crippen LogP contribution in [0.2, 0.25) is 0 Å². The van der Waals surface area contributed by atoms with Gasteiger partial charge in [0.1, 0.15) is 0 Å². The van der Waals surface area contributed by atoms with Gasteiger partial charge in [-0.3, -0.25) is 20.4 Å². The van der Waals surface area contributed by atoms with Gasteiger partial charge in [0.05, 0.1) is 17.7 Å². The van der Waals surface area contributed by atoms with Crippen LogP contribution >= 0.6 is 0 Å². The Morgan fingerprint density at radius 3 is 2.82 bits per heavy atom. The smallest absolute Gasteiger partial charge is 0.332 e. The minimum Gasteiger partial charge on any atom is -0.490 e. The molecule has 0 aliphatic heterocycles. The topological polar surface area (TPSA) is 111 Å². The zero-order chi connectivity index (χ0) is 12.8. The predicted molar refractivity (Wildman–Crippen MR) is 56.9 cm³/mol. The van der Waals surface area contributed by atoms with Gasteiger partial charge in [0.25, 0.3) is 0 Å². The molecule has 8 heteroatoms. The van der Waals surface area contributed by atoms with E-state index in [9.17, 15) is 14.9 Å². The average Bonchev–Trinajstić information content (AvgIpc) is 2.28. The third-order valence-electron chi connectivity index (χ3n) is 1.76. The van der Waals surface area contributed by atoms with Crippen LogP contribution in [0.5, 0.6) is 5.75 Å². The van der Waals surface area contributed by atoms with Crippen molar-refractivity contribution < 1.29 is 24.4 Å². The quantitative estimate of drug-likeness (QED) is 0.566. The molecule has 17 heavy (non-hydrogen) atoms. The van der Waals surface area contributed by atoms with Crippen LogP contribution in [0.4, 0.5) is 11.4 Å². The molecule has 0 radical (unpaired) electrons. The first-order valence-corrected chi connectivity index (χ1v) is 4.46. The summed E-state index contributed by atoms with van der Waals surface area (Å²) in [6, 6.07) is 4.03. The standard InChI is InChI=1S/C9H10N2O6/c1-16-8-3-2-6(4-7(8)11(14)15)10-17-5-9(12)13/h2-4,10H,5H2,1H3,(H,12,13). The third kappa shape index (κ3) is 3.61. The van der Waals surface area contributed by atoms with Crippen molar-refractivity contribution in [2.24, 2.45) is 0 Å². The normalized spacial score (nSPS) is 9.71. The highest BCUT2D eigenvalue weighted by Gasteiger charge is 2.15. The number of carboxylic acids is 1. The van der Waals surface area contributed by atoms with E-state index in [4.69, 9.17) is 9.84 Å². The van der Waals surface area contributed by atoms with Crippen molar-refractivity contribution in [2.45, 2.75) is 0 Å². The van der Waals surface area contributed by atoms with Crippen LogP contribution in [0.25, 0.3) is 0 Å². The number of ether oxygens (including phenoxy) is 1. The Bertz CT molecular complexity index is 433. The number of hydrogen-bond donors (Lipinski definition) is 2. The Morgan fingerprint density at radius 2 is 2.29 bits per heavy atom. The Morgan fingerprint density at radius 1 is 1.59 bits per heavy atom. The summed E-state index contributed by atoms with van der Waals surface area (Å²) in [4.78, 5) is 24.8. The van der Waals surface area contributed by atoms with Crippen molar-refractivity contribution in [3.63, 3.8) is 0 Å². The van der Waals surface area contributed by atoms with Crippen LogP contribution in [0, 0.1) is 10.1 Å². The Kier molecular flexibility index (Phi) is 4.23. The fourth-order valence-electron chi connectivity index (χ4n) is 1.08. The van der Waals surface area contributed by atoms with Crippen LogP contribution in [0.3, 0.4) is 0 Å². The van der Waals surface area contributed by atoms with Crippen molar-refractivity contribution in [1.82, 2.24) is 0 Å². The third-order valence-corrected chi connectivity index (χ3v) is 1.76. The zero-order valence-electron chi connectivity index (χ0n) is 8.87. The first kappa shape index (κ1) is 12.7. The lowest BCUT2D eigenvalue weighted by Crippen LogP contribution is -2.11. The number of benzene rings is 1. The number of hydrogen-bond acceptors (Lipinski definition) is 6. The summed E-state index contributed by atoms with van der Waals surface area (Å²) in [5, 5.41) is 19.0. The fraction of sp³-hybridized carbons (Fsp3) is 0.222. The molecule has 0 aromatic heterocycles. The molecule has 0 amide bonds. The Balaban J connectivity index is 2.78. The molecule has 0 atom stereocenters. The number of nitro benzene ring substituents is 1. The van der Waals surface area contributed by atoms with Crippen molar-refractivity contribution in [1.29, 1.82) is 0 Å². The predicted octanol–water partition coefficient (Wildman–Crippen LogP) is 1.03. The summed E-state index contributed by atoms with van der Waals surface area (Å²) in [6.45, 7) is -0.556. The molecule has 0 fully saturated rings. The molecular weight excluding hydrogens is 232 g/mol. The van der Waals surface area contributed by atoms with Gasteiger partial charge in [-0.05, 0) is 12.1 Å². The fourth-order valence-corrected chi connectivity index (χ4v) is 1.08. The van der Waals surface area contributed by atoms with Gasteiger partial charge in [-0.25, -0.2) is 4.79 Å². The maximum Gasteiger partial charge on any atom is 0.332 e. The number of methoxy groups -OCH3 is 1. The van der Waals surface area contributed by atoms with Crippen LogP contribution in [0.15, 0.2) is 18.2 Å². The summed E-state index contributed by atoms with van der Waals surface area (Å²) in [7, 11) is 1.32. The van der Waals surface area contributed by atoms with Gasteiger partial charge in [0.2, 0.25) is 0 Å². The number of nitrogens with one attached hydrogen (secondary N) is 1. The van der Waals surface area contributed by atoms with Crippen LogP contribution in [-0.2, 0) is 9.63 Å². The lowest BCUT2D eigenvalue weighted by atomic mass is 10.2. The molecule has 0 bridgehead atoms. The molecule has 0 spiro atoms. The lowest BCUT2D eigenvalue weighted by Gasteiger charge is -2.06. The molecule has 0 unspecified atom stereocenters. The molecule has 92 valence electrons. The van der Waals surface area contributed by atoms with E-state index in [2.05, 4.69) is 10.3 Å². The van der Waals surface area contributed by atoms with Gasteiger partial charge in [-0.15, -0.1) is 0 Å². The summed E-state index contributed by atoms with van der Waals surface area (Å²) >= 11 is 0. The van der Waals surface area contributed by atoms with Crippen molar-refractivity contribution >= 4 is 17.3 Å². The summed E-state index contributed by atoms with van der Waals surface area (Å²) in [5.74, 6) is -1.04. The monoisotopic (exact) mass is 242 g/mol. The molecule has 1 rings (SSSR count). The number of carboxylic acid groups (broad SMARTS) is 1. The van der Waals surface area contributed by atoms with Crippen LogP contribution in [-0.4, -0.2) is 29.7 Å². The number of rotatable bonds is 6. The molecule has 8 nitrogen and oxygen atoms in total. The van der Waals surface area contributed by atoms with Gasteiger partial charge >= 0.3 is 11.7 Å². The number of anilines is 1. The maximum atomic E-state index is 10.7. The van der Waals surface area contributed by atoms with Gasteiger partial charge in [0, 0.05) is 6.07 Å². The van der Waals surface area contributed by atoms with Crippen molar-refractivity contribution in [3.8, 4) is 5.75 Å². The molecule has 0 saturated carbocycles. The molecular formula is C9H10N2O6. The molecule has 1 aromatic rings. The van der Waals surface area contributed by atoms with E-state index in [-0.39, 0.29) is 17.1 Å². The molecule has 0 aliphatic rings. The van der Waals surface area contributed by atoms with Gasteiger partial charge in [-0.1, -0.05) is 0 Å². The molecule has 1 aromatic carbocycles. The number of aliphatic carboxylic acids is 1. The second kappa shape index (κ2) is 5.66. The SMILES string of the molecule is COc1ccc(NOCC(=O)O)cc1[N+](=O)[O-]. The van der Waals surface area contributed by atoms with Gasteiger partial charge < -0.3 is 9.84 Å². The second-order valence-electron chi connectivity index (χ2n) is 2.93. The van der Waals surface area contributed by atoms with Gasteiger partial charge in [0.15, 0.2) is 12.4 Å². The van der Waals surface area contributed by atoms with Gasteiger partial charge in [-0.2, -0.15) is 0 Å². The lowest BCUT2D eigenvalue weighted by molar-refractivity contribution is -0.385. The van der Waals surface area contributed by atoms with Crippen LogP contribution in [0.1, 0.15) is 0 Å². The Hall–Kier alpha value is -2.35. The highest BCUT2D eigenvalue weighted by molar-refractivity contribution is 5.68. The largest absolute Gasteiger partial charge is 0.490 e. The number of nitrogens with zero attached hydrogens (tertiary/aromatic N) is 1. The Labute approximate surface area is 95.9 Å². The maximum absolute atomic E-state index is 10.7. The van der Waals surface area contributed by atoms with Crippen molar-refractivity contribution in [2.75, 3.05) is 19.2 Å². The molecule has 0 saturated heterocycles. The summed E-state index contributed by atoms with van der Waals surface area (Å²) in [6.07, 6.45) is 0. The van der Waals surface area contributed by atoms with E-state index in [1.165, 1.54) is 25.3 Å². The minimum absolute atomic E-state index is 0.110.